The molecule has 1 atom stereocenters. The van der Waals surface area contributed by atoms with Gasteiger partial charge in [-0.3, -0.25) is 9.48 Å². The highest BCUT2D eigenvalue weighted by molar-refractivity contribution is 5.95. The zero-order valence-corrected chi connectivity index (χ0v) is 14.9. The molecule has 26 heavy (non-hydrogen) atoms. The molecule has 5 nitrogen and oxygen atoms in total. The van der Waals surface area contributed by atoms with Crippen LogP contribution in [-0.4, -0.2) is 22.3 Å². The van der Waals surface area contributed by atoms with Gasteiger partial charge in [-0.2, -0.15) is 5.10 Å². The Balaban J connectivity index is 1.59. The first-order valence-electron chi connectivity index (χ1n) is 8.74. The Morgan fingerprint density at radius 1 is 1.19 bits per heavy atom. The summed E-state index contributed by atoms with van der Waals surface area (Å²) in [5, 5.41) is 7.51. The quantitative estimate of drug-likeness (QED) is 0.787. The largest absolute Gasteiger partial charge is 0.363 e. The van der Waals surface area contributed by atoms with E-state index in [9.17, 15) is 4.79 Å². The van der Waals surface area contributed by atoms with Crippen LogP contribution >= 0.6 is 0 Å². The molecule has 0 saturated carbocycles. The van der Waals surface area contributed by atoms with Crippen LogP contribution in [0.15, 0.2) is 54.6 Å². The molecule has 0 radical (unpaired) electrons. The van der Waals surface area contributed by atoms with Gasteiger partial charge in [0.05, 0.1) is 12.3 Å². The fourth-order valence-corrected chi connectivity index (χ4v) is 3.38. The van der Waals surface area contributed by atoms with Gasteiger partial charge in [-0.25, -0.2) is 0 Å². The Kier molecular flexibility index (Phi) is 4.31. The Labute approximate surface area is 152 Å². The van der Waals surface area contributed by atoms with Crippen molar-refractivity contribution in [1.82, 2.24) is 9.78 Å². The van der Waals surface area contributed by atoms with Gasteiger partial charge >= 0.3 is 0 Å². The topological polar surface area (TPSA) is 56.1 Å². The van der Waals surface area contributed by atoms with Crippen LogP contribution in [0.4, 0.5) is 5.82 Å². The van der Waals surface area contributed by atoms with Crippen LogP contribution in [0.2, 0.25) is 0 Å². The summed E-state index contributed by atoms with van der Waals surface area (Å²) in [5.74, 6) is 0.483. The number of rotatable bonds is 3. The number of fused-ring (bicyclic) bond motifs is 1. The molecule has 2 aromatic carbocycles. The van der Waals surface area contributed by atoms with Crippen molar-refractivity contribution in [1.29, 1.82) is 0 Å². The number of amides is 1. The van der Waals surface area contributed by atoms with Gasteiger partial charge in [0, 0.05) is 18.7 Å². The van der Waals surface area contributed by atoms with Gasteiger partial charge in [-0.1, -0.05) is 48.5 Å². The maximum Gasteiger partial charge on any atom is 0.259 e. The van der Waals surface area contributed by atoms with Crippen molar-refractivity contribution in [2.75, 3.05) is 11.9 Å². The normalized spacial score (nSPS) is 16.2. The van der Waals surface area contributed by atoms with E-state index in [-0.39, 0.29) is 5.91 Å². The van der Waals surface area contributed by atoms with Crippen LogP contribution in [0, 0.1) is 6.92 Å². The molecule has 0 bridgehead atoms. The lowest BCUT2D eigenvalue weighted by Crippen LogP contribution is -2.28. The van der Waals surface area contributed by atoms with E-state index in [1.165, 1.54) is 5.56 Å². The maximum absolute atomic E-state index is 12.8. The van der Waals surface area contributed by atoms with Gasteiger partial charge in [-0.05, 0) is 30.0 Å². The molecule has 3 aromatic rings. The van der Waals surface area contributed by atoms with Crippen LogP contribution in [-0.2, 0) is 23.0 Å². The summed E-state index contributed by atoms with van der Waals surface area (Å²) in [7, 11) is 1.83. The average molecular weight is 347 g/mol. The molecule has 0 aliphatic carbocycles. The molecular formula is C21H21N3O2. The molecule has 0 spiro atoms. The van der Waals surface area contributed by atoms with Crippen molar-refractivity contribution in [3.63, 3.8) is 0 Å². The van der Waals surface area contributed by atoms with Gasteiger partial charge in [0.1, 0.15) is 5.82 Å². The van der Waals surface area contributed by atoms with E-state index in [0.717, 1.165) is 28.8 Å². The number of aromatic nitrogens is 2. The van der Waals surface area contributed by atoms with Crippen molar-refractivity contribution in [3.05, 3.63) is 71.3 Å². The predicted octanol–water partition coefficient (Wildman–Crippen LogP) is 3.65. The highest BCUT2D eigenvalue weighted by Gasteiger charge is 2.28. The minimum Gasteiger partial charge on any atom is -0.363 e. The zero-order valence-electron chi connectivity index (χ0n) is 14.9. The number of nitrogens with zero attached hydrogens (tertiary/aromatic N) is 2. The first kappa shape index (κ1) is 16.5. The maximum atomic E-state index is 12.8. The molecule has 1 aliphatic rings. The smallest absolute Gasteiger partial charge is 0.259 e. The van der Waals surface area contributed by atoms with Crippen LogP contribution in [0.1, 0.15) is 22.8 Å². The monoisotopic (exact) mass is 347 g/mol. The van der Waals surface area contributed by atoms with Crippen LogP contribution < -0.4 is 5.32 Å². The molecule has 1 N–H and O–H groups in total. The van der Waals surface area contributed by atoms with Gasteiger partial charge in [-0.15, -0.1) is 0 Å². The molecule has 2 heterocycles. The molecule has 4 rings (SSSR count). The molecular weight excluding hydrogens is 326 g/mol. The summed E-state index contributed by atoms with van der Waals surface area (Å²) in [5.41, 5.74) is 5.16. The highest BCUT2D eigenvalue weighted by atomic mass is 16.5. The molecule has 1 aliphatic heterocycles. The van der Waals surface area contributed by atoms with E-state index in [4.69, 9.17) is 4.74 Å². The minimum atomic E-state index is -0.586. The second kappa shape index (κ2) is 6.77. The second-order valence-corrected chi connectivity index (χ2v) is 6.54. The number of anilines is 1. The third-order valence-electron chi connectivity index (χ3n) is 4.78. The summed E-state index contributed by atoms with van der Waals surface area (Å²) >= 11 is 0. The van der Waals surface area contributed by atoms with Gasteiger partial charge < -0.3 is 10.1 Å². The number of ether oxygens (including phenoxy) is 1. The fraction of sp³-hybridized carbons (Fsp3) is 0.238. The standard InChI is InChI=1S/C21H21N3O2/c1-14-7-3-5-9-16(14)18-13-19(24(2)23-18)22-21(25)20-17-10-6-4-8-15(17)11-12-26-20/h3-10,13,20H,11-12H2,1-2H3,(H,22,25)/t20-/m0/s1. The molecule has 0 unspecified atom stereocenters. The lowest BCUT2D eigenvalue weighted by Gasteiger charge is -2.25. The van der Waals surface area contributed by atoms with E-state index in [1.807, 2.05) is 49.5 Å². The first-order valence-corrected chi connectivity index (χ1v) is 8.74. The Hall–Kier alpha value is -2.92. The van der Waals surface area contributed by atoms with E-state index < -0.39 is 6.10 Å². The van der Waals surface area contributed by atoms with Crippen LogP contribution in [0.25, 0.3) is 11.3 Å². The fourth-order valence-electron chi connectivity index (χ4n) is 3.38. The molecule has 1 aromatic heterocycles. The number of hydrogen-bond donors (Lipinski definition) is 1. The van der Waals surface area contributed by atoms with E-state index in [2.05, 4.69) is 29.5 Å². The SMILES string of the molecule is Cc1ccccc1-c1cc(NC(=O)[C@H]2OCCc3ccccc32)n(C)n1. The molecule has 5 heteroatoms. The third kappa shape index (κ3) is 3.02. The van der Waals surface area contributed by atoms with Crippen molar-refractivity contribution in [3.8, 4) is 11.3 Å². The van der Waals surface area contributed by atoms with Crippen LogP contribution in [0.5, 0.6) is 0 Å². The van der Waals surface area contributed by atoms with Crippen molar-refractivity contribution >= 4 is 11.7 Å². The molecule has 0 saturated heterocycles. The second-order valence-electron chi connectivity index (χ2n) is 6.54. The summed E-state index contributed by atoms with van der Waals surface area (Å²) in [6, 6.07) is 17.9. The summed E-state index contributed by atoms with van der Waals surface area (Å²) in [4.78, 5) is 12.8. The molecule has 1 amide bonds. The Morgan fingerprint density at radius 2 is 1.96 bits per heavy atom. The van der Waals surface area contributed by atoms with Gasteiger partial charge in [0.2, 0.25) is 0 Å². The first-order chi connectivity index (χ1) is 12.6. The molecule has 132 valence electrons. The van der Waals surface area contributed by atoms with E-state index in [0.29, 0.717) is 12.4 Å². The summed E-state index contributed by atoms with van der Waals surface area (Å²) < 4.78 is 7.44. The number of carbonyl (C=O) groups excluding carboxylic acids is 1. The van der Waals surface area contributed by atoms with Crippen molar-refractivity contribution < 1.29 is 9.53 Å². The predicted molar refractivity (Wildman–Crippen MR) is 101 cm³/mol. The third-order valence-corrected chi connectivity index (χ3v) is 4.78. The number of carbonyl (C=O) groups is 1. The van der Waals surface area contributed by atoms with E-state index in [1.54, 1.807) is 4.68 Å². The summed E-state index contributed by atoms with van der Waals surface area (Å²) in [6.45, 7) is 2.60. The average Bonchev–Trinajstić information content (AvgIpc) is 3.01. The zero-order chi connectivity index (χ0) is 18.1. The van der Waals surface area contributed by atoms with Crippen molar-refractivity contribution in [2.45, 2.75) is 19.4 Å². The van der Waals surface area contributed by atoms with Gasteiger partial charge in [0.25, 0.3) is 5.91 Å². The lowest BCUT2D eigenvalue weighted by molar-refractivity contribution is -0.128. The number of aryl methyl sites for hydroxylation is 2. The lowest BCUT2D eigenvalue weighted by atomic mass is 9.97. The van der Waals surface area contributed by atoms with Crippen LogP contribution in [0.3, 0.4) is 0 Å². The Bertz CT molecular complexity index is 961. The number of benzene rings is 2. The highest BCUT2D eigenvalue weighted by Crippen LogP contribution is 2.29. The summed E-state index contributed by atoms with van der Waals surface area (Å²) in [6.07, 6.45) is 0.250. The van der Waals surface area contributed by atoms with Gasteiger partial charge in [0.15, 0.2) is 6.10 Å². The minimum absolute atomic E-state index is 0.170. The number of nitrogens with one attached hydrogen (secondary N) is 1. The Morgan fingerprint density at radius 3 is 2.81 bits per heavy atom. The van der Waals surface area contributed by atoms with Crippen molar-refractivity contribution in [2.24, 2.45) is 7.05 Å². The van der Waals surface area contributed by atoms with E-state index >= 15 is 0 Å². The molecule has 0 fully saturated rings. The number of hydrogen-bond acceptors (Lipinski definition) is 3.